The lowest BCUT2D eigenvalue weighted by Gasteiger charge is -2.17. The third-order valence-corrected chi connectivity index (χ3v) is 3.80. The Kier molecular flexibility index (Phi) is 3.34. The van der Waals surface area contributed by atoms with Crippen molar-refractivity contribution in [2.45, 2.75) is 52.6 Å². The molecule has 0 amide bonds. The molecule has 3 atom stereocenters. The molecule has 1 aliphatic carbocycles. The highest BCUT2D eigenvalue weighted by Gasteiger charge is 2.35. The van der Waals surface area contributed by atoms with Crippen LogP contribution in [0.5, 0.6) is 0 Å². The summed E-state index contributed by atoms with van der Waals surface area (Å²) in [5, 5.41) is 3.73. The smallest absolute Gasteiger partial charge is 0.0297 e. The molecule has 0 saturated heterocycles. The van der Waals surface area contributed by atoms with Crippen LogP contribution in [0.15, 0.2) is 18.2 Å². The summed E-state index contributed by atoms with van der Waals surface area (Å²) in [4.78, 5) is 0. The van der Waals surface area contributed by atoms with E-state index in [9.17, 15) is 0 Å². The van der Waals surface area contributed by atoms with Gasteiger partial charge in [-0.15, -0.1) is 0 Å². The zero-order valence-electron chi connectivity index (χ0n) is 10.9. The van der Waals surface area contributed by atoms with Crippen molar-refractivity contribution in [2.75, 3.05) is 0 Å². The van der Waals surface area contributed by atoms with Crippen LogP contribution < -0.4 is 5.32 Å². The van der Waals surface area contributed by atoms with Gasteiger partial charge in [0.2, 0.25) is 0 Å². The van der Waals surface area contributed by atoms with Gasteiger partial charge in [0.1, 0.15) is 0 Å². The molecule has 1 N–H and O–H groups in total. The van der Waals surface area contributed by atoms with Crippen LogP contribution in [0.25, 0.3) is 0 Å². The van der Waals surface area contributed by atoms with Crippen LogP contribution in [0.2, 0.25) is 0 Å². The Morgan fingerprint density at radius 1 is 1.38 bits per heavy atom. The van der Waals surface area contributed by atoms with Gasteiger partial charge < -0.3 is 5.32 Å². The maximum Gasteiger partial charge on any atom is 0.0297 e. The Balaban J connectivity index is 2.01. The van der Waals surface area contributed by atoms with E-state index in [1.165, 1.54) is 29.5 Å². The van der Waals surface area contributed by atoms with Crippen LogP contribution in [-0.4, -0.2) is 6.04 Å². The first-order chi connectivity index (χ1) is 7.61. The maximum atomic E-state index is 3.73. The standard InChI is InChI=1S/C15H23N/c1-5-13-9-15(13)16-12(4)14-7-6-10(2)8-11(14)3/h6-8,12-13,15-16H,5,9H2,1-4H3. The van der Waals surface area contributed by atoms with E-state index in [1.807, 2.05) is 0 Å². The van der Waals surface area contributed by atoms with E-state index in [0.717, 1.165) is 12.0 Å². The van der Waals surface area contributed by atoms with E-state index >= 15 is 0 Å². The van der Waals surface area contributed by atoms with Gasteiger partial charge in [0.05, 0.1) is 0 Å². The summed E-state index contributed by atoms with van der Waals surface area (Å²) >= 11 is 0. The fourth-order valence-electron chi connectivity index (χ4n) is 2.63. The largest absolute Gasteiger partial charge is 0.307 e. The van der Waals surface area contributed by atoms with E-state index < -0.39 is 0 Å². The fraction of sp³-hybridized carbons (Fsp3) is 0.600. The highest BCUT2D eigenvalue weighted by atomic mass is 15.0. The van der Waals surface area contributed by atoms with Gasteiger partial charge in [-0.05, 0) is 44.2 Å². The molecule has 3 unspecified atom stereocenters. The monoisotopic (exact) mass is 217 g/mol. The van der Waals surface area contributed by atoms with Crippen molar-refractivity contribution in [3.8, 4) is 0 Å². The van der Waals surface area contributed by atoms with Crippen LogP contribution in [0.1, 0.15) is 49.4 Å². The Morgan fingerprint density at radius 3 is 2.69 bits per heavy atom. The van der Waals surface area contributed by atoms with E-state index in [-0.39, 0.29) is 0 Å². The predicted molar refractivity (Wildman–Crippen MR) is 69.7 cm³/mol. The molecule has 2 rings (SSSR count). The highest BCUT2D eigenvalue weighted by molar-refractivity contribution is 5.32. The minimum Gasteiger partial charge on any atom is -0.307 e. The topological polar surface area (TPSA) is 12.0 Å². The molecule has 0 bridgehead atoms. The molecule has 1 saturated carbocycles. The zero-order valence-corrected chi connectivity index (χ0v) is 10.9. The lowest BCUT2D eigenvalue weighted by atomic mass is 10.0. The third-order valence-electron chi connectivity index (χ3n) is 3.80. The number of nitrogens with one attached hydrogen (secondary N) is 1. The number of rotatable bonds is 4. The van der Waals surface area contributed by atoms with Crippen LogP contribution in [-0.2, 0) is 0 Å². The quantitative estimate of drug-likeness (QED) is 0.810. The van der Waals surface area contributed by atoms with Crippen molar-refractivity contribution >= 4 is 0 Å². The van der Waals surface area contributed by atoms with Gasteiger partial charge in [-0.1, -0.05) is 37.1 Å². The first-order valence-electron chi connectivity index (χ1n) is 6.45. The van der Waals surface area contributed by atoms with E-state index in [0.29, 0.717) is 6.04 Å². The Hall–Kier alpha value is -0.820. The second-order valence-corrected chi connectivity index (χ2v) is 5.26. The van der Waals surface area contributed by atoms with Gasteiger partial charge in [0, 0.05) is 12.1 Å². The average Bonchev–Trinajstić information content (AvgIpc) is 2.96. The van der Waals surface area contributed by atoms with Crippen LogP contribution >= 0.6 is 0 Å². The van der Waals surface area contributed by atoms with Gasteiger partial charge in [-0.3, -0.25) is 0 Å². The summed E-state index contributed by atoms with van der Waals surface area (Å²) in [6.07, 6.45) is 2.68. The highest BCUT2D eigenvalue weighted by Crippen LogP contribution is 2.35. The second-order valence-electron chi connectivity index (χ2n) is 5.26. The molecule has 1 aromatic carbocycles. The SMILES string of the molecule is CCC1CC1NC(C)c1ccc(C)cc1C. The summed E-state index contributed by atoms with van der Waals surface area (Å²) in [7, 11) is 0. The fourth-order valence-corrected chi connectivity index (χ4v) is 2.63. The minimum atomic E-state index is 0.488. The Bertz CT molecular complexity index is 370. The van der Waals surface area contributed by atoms with Crippen molar-refractivity contribution in [3.63, 3.8) is 0 Å². The predicted octanol–water partition coefficient (Wildman–Crippen LogP) is 3.75. The maximum absolute atomic E-state index is 3.73. The zero-order chi connectivity index (χ0) is 11.7. The summed E-state index contributed by atoms with van der Waals surface area (Å²) in [6, 6.07) is 8.01. The third kappa shape index (κ3) is 2.46. The van der Waals surface area contributed by atoms with Gasteiger partial charge in [-0.2, -0.15) is 0 Å². The van der Waals surface area contributed by atoms with Crippen LogP contribution in [0.4, 0.5) is 0 Å². The van der Waals surface area contributed by atoms with Gasteiger partial charge in [-0.25, -0.2) is 0 Å². The molecular weight excluding hydrogens is 194 g/mol. The Labute approximate surface area is 99.3 Å². The summed E-state index contributed by atoms with van der Waals surface area (Å²) in [5.74, 6) is 0.924. The van der Waals surface area contributed by atoms with Crippen LogP contribution in [0, 0.1) is 19.8 Å². The molecular formula is C15H23N. The molecule has 0 heterocycles. The lowest BCUT2D eigenvalue weighted by molar-refractivity contribution is 0.537. The molecule has 1 heteroatoms. The van der Waals surface area contributed by atoms with E-state index in [1.54, 1.807) is 0 Å². The van der Waals surface area contributed by atoms with Crippen molar-refractivity contribution < 1.29 is 0 Å². The van der Waals surface area contributed by atoms with Gasteiger partial charge >= 0.3 is 0 Å². The minimum absolute atomic E-state index is 0.488. The molecule has 16 heavy (non-hydrogen) atoms. The average molecular weight is 217 g/mol. The molecule has 1 fully saturated rings. The van der Waals surface area contributed by atoms with Gasteiger partial charge in [0.25, 0.3) is 0 Å². The number of hydrogen-bond donors (Lipinski definition) is 1. The molecule has 0 radical (unpaired) electrons. The van der Waals surface area contributed by atoms with E-state index in [4.69, 9.17) is 0 Å². The molecule has 0 spiro atoms. The summed E-state index contributed by atoms with van der Waals surface area (Å²) in [6.45, 7) is 8.93. The molecule has 0 aromatic heterocycles. The number of aryl methyl sites for hydroxylation is 2. The van der Waals surface area contributed by atoms with Crippen molar-refractivity contribution in [2.24, 2.45) is 5.92 Å². The van der Waals surface area contributed by atoms with Crippen molar-refractivity contribution in [1.82, 2.24) is 5.32 Å². The second kappa shape index (κ2) is 4.58. The molecule has 88 valence electrons. The number of hydrogen-bond acceptors (Lipinski definition) is 1. The van der Waals surface area contributed by atoms with E-state index in [2.05, 4.69) is 51.2 Å². The molecule has 1 aromatic rings. The normalized spacial score (nSPS) is 25.5. The number of benzene rings is 1. The Morgan fingerprint density at radius 2 is 2.12 bits per heavy atom. The summed E-state index contributed by atoms with van der Waals surface area (Å²) < 4.78 is 0. The molecule has 0 aliphatic heterocycles. The van der Waals surface area contributed by atoms with Crippen molar-refractivity contribution in [1.29, 1.82) is 0 Å². The van der Waals surface area contributed by atoms with Gasteiger partial charge in [0.15, 0.2) is 0 Å². The lowest BCUT2D eigenvalue weighted by Crippen LogP contribution is -2.23. The summed E-state index contributed by atoms with van der Waals surface area (Å²) in [5.41, 5.74) is 4.22. The molecule has 1 nitrogen and oxygen atoms in total. The van der Waals surface area contributed by atoms with Crippen molar-refractivity contribution in [3.05, 3.63) is 34.9 Å². The first kappa shape index (κ1) is 11.7. The molecule has 1 aliphatic rings. The first-order valence-corrected chi connectivity index (χ1v) is 6.45. The van der Waals surface area contributed by atoms with Crippen LogP contribution in [0.3, 0.4) is 0 Å².